The minimum atomic E-state index is -4.10. The number of amides is 3. The van der Waals surface area contributed by atoms with Crippen molar-refractivity contribution in [1.82, 2.24) is 20.2 Å². The van der Waals surface area contributed by atoms with Crippen LogP contribution in [0.15, 0.2) is 84.9 Å². The van der Waals surface area contributed by atoms with E-state index in [9.17, 15) is 42.6 Å². The van der Waals surface area contributed by atoms with Crippen LogP contribution in [0.3, 0.4) is 0 Å². The number of benzene rings is 4. The molecule has 2 unspecified atom stereocenters. The molecule has 358 valence electrons. The van der Waals surface area contributed by atoms with Crippen molar-refractivity contribution in [3.05, 3.63) is 113 Å². The fraction of sp³-hybridized carbons (Fsp3) is 0.298. The number of H-pyrrole nitrogens is 1. The number of nitrogens with zero attached hydrogens (tertiary/aromatic N) is 2. The molecule has 0 fully saturated rings. The van der Waals surface area contributed by atoms with Gasteiger partial charge in [-0.3, -0.25) is 13.8 Å². The van der Waals surface area contributed by atoms with Gasteiger partial charge in [0.25, 0.3) is 16.0 Å². The largest absolute Gasteiger partial charge is 0.493 e. The second kappa shape index (κ2) is 20.4. The van der Waals surface area contributed by atoms with E-state index in [0.29, 0.717) is 21.0 Å². The first-order valence-corrected chi connectivity index (χ1v) is 23.0. The molecule has 6 aromatic rings. The zero-order chi connectivity index (χ0) is 48.9. The highest BCUT2D eigenvalue weighted by molar-refractivity contribution is 7.86. The van der Waals surface area contributed by atoms with Crippen molar-refractivity contribution < 1.29 is 70.5 Å². The van der Waals surface area contributed by atoms with E-state index in [1.165, 1.54) is 31.3 Å². The average Bonchev–Trinajstić information content (AvgIpc) is 3.93. The standard InChI is InChI=1S/C47H49N5O15S/c1-26(2)38(50-46(57)66-25-28-14-10-7-11-15-28)43(53)48-16-17-64-41-37(62-3)19-29-18-33(49-39(29)42(41)63-4)44(54)51-23-30(67-68(5,60)61)20-31-32-21-35(45(55)56)52(47(58)59)40(32)36(22-34(31)51)65-24-27-12-8-6-9-13-27/h6-15,18-19,21-22,26,30,38,49H,16-17,20,23-25H2,1-5H3,(H,48,53)(H,50,57)(H,55,56)(H,58,59). The van der Waals surface area contributed by atoms with Gasteiger partial charge in [0.1, 0.15) is 48.5 Å². The van der Waals surface area contributed by atoms with E-state index in [-0.39, 0.29) is 96.1 Å². The van der Waals surface area contributed by atoms with Crippen molar-refractivity contribution in [2.24, 2.45) is 5.92 Å². The number of hydrogen-bond donors (Lipinski definition) is 5. The third-order valence-corrected chi connectivity index (χ3v) is 11.6. The molecule has 2 aromatic heterocycles. The van der Waals surface area contributed by atoms with Crippen molar-refractivity contribution in [3.8, 4) is 23.0 Å². The smallest absolute Gasteiger partial charge is 0.416 e. The lowest BCUT2D eigenvalue weighted by atomic mass is 9.95. The van der Waals surface area contributed by atoms with Crippen LogP contribution < -0.4 is 34.5 Å². The molecule has 0 saturated carbocycles. The summed E-state index contributed by atoms with van der Waals surface area (Å²) in [6, 6.07) is 22.8. The Hall–Kier alpha value is -7.78. The van der Waals surface area contributed by atoms with Gasteiger partial charge < -0.3 is 54.4 Å². The number of aromatic nitrogens is 2. The second-order valence-corrected chi connectivity index (χ2v) is 17.7. The van der Waals surface area contributed by atoms with Gasteiger partial charge in [-0.15, -0.1) is 0 Å². The Morgan fingerprint density at radius 1 is 0.853 bits per heavy atom. The number of carbonyl (C=O) groups excluding carboxylic acids is 3. The Labute approximate surface area is 389 Å². The number of alkyl carbamates (subject to hydrolysis) is 1. The molecule has 1 aliphatic rings. The zero-order valence-electron chi connectivity index (χ0n) is 37.6. The molecule has 3 heterocycles. The van der Waals surface area contributed by atoms with Crippen LogP contribution in [-0.2, 0) is 43.5 Å². The molecule has 7 rings (SSSR count). The Bertz CT molecular complexity index is 2990. The molecule has 0 aliphatic carbocycles. The maximum Gasteiger partial charge on any atom is 0.416 e. The lowest BCUT2D eigenvalue weighted by Gasteiger charge is -2.34. The minimum Gasteiger partial charge on any atom is -0.493 e. The van der Waals surface area contributed by atoms with Gasteiger partial charge in [0.2, 0.25) is 11.7 Å². The maximum atomic E-state index is 14.8. The number of carboxylic acids is 1. The number of aromatic carboxylic acids is 1. The SMILES string of the molecule is COc1cc2cc(C(=O)N3CC(OS(C)(=O)=O)Cc4c3cc(OCc3ccccc3)c3c4cc(C(=O)O)n3C(=O)O)[nH]c2c(OC)c1OCCNC(=O)C(NC(=O)OCc1ccccc1)C(C)C. The molecular formula is C47H49N5O15S. The first kappa shape index (κ1) is 48.2. The number of fused-ring (bicyclic) bond motifs is 4. The molecule has 20 nitrogen and oxygen atoms in total. The van der Waals surface area contributed by atoms with E-state index in [1.807, 2.05) is 30.3 Å². The number of hydrogen-bond acceptors (Lipinski definition) is 13. The summed E-state index contributed by atoms with van der Waals surface area (Å²) in [5.41, 5.74) is 1.48. The summed E-state index contributed by atoms with van der Waals surface area (Å²) in [5, 5.41) is 26.3. The van der Waals surface area contributed by atoms with E-state index in [2.05, 4.69) is 15.6 Å². The van der Waals surface area contributed by atoms with Gasteiger partial charge in [0.15, 0.2) is 11.5 Å². The summed E-state index contributed by atoms with van der Waals surface area (Å²) >= 11 is 0. The van der Waals surface area contributed by atoms with Gasteiger partial charge >= 0.3 is 18.2 Å². The number of carbonyl (C=O) groups is 5. The van der Waals surface area contributed by atoms with Crippen LogP contribution in [0.5, 0.6) is 23.0 Å². The molecule has 0 radical (unpaired) electrons. The fourth-order valence-electron chi connectivity index (χ4n) is 7.97. The molecule has 1 aliphatic heterocycles. The molecule has 2 atom stereocenters. The van der Waals surface area contributed by atoms with Gasteiger partial charge in [-0.05, 0) is 40.8 Å². The topological polar surface area (TPSA) is 263 Å². The molecule has 0 spiro atoms. The highest BCUT2D eigenvalue weighted by Gasteiger charge is 2.37. The molecule has 5 N–H and O–H groups in total. The molecule has 3 amide bonds. The highest BCUT2D eigenvalue weighted by atomic mass is 32.2. The summed E-state index contributed by atoms with van der Waals surface area (Å²) in [5.74, 6) is -2.57. The summed E-state index contributed by atoms with van der Waals surface area (Å²) in [4.78, 5) is 70.0. The molecule has 21 heteroatoms. The van der Waals surface area contributed by atoms with Crippen LogP contribution in [0, 0.1) is 5.92 Å². The first-order valence-electron chi connectivity index (χ1n) is 21.2. The number of rotatable bonds is 18. The van der Waals surface area contributed by atoms with Crippen molar-refractivity contribution in [3.63, 3.8) is 0 Å². The van der Waals surface area contributed by atoms with E-state index < -0.39 is 57.9 Å². The summed E-state index contributed by atoms with van der Waals surface area (Å²) in [7, 11) is -1.32. The molecule has 68 heavy (non-hydrogen) atoms. The third kappa shape index (κ3) is 10.6. The Morgan fingerprint density at radius 3 is 2.13 bits per heavy atom. The summed E-state index contributed by atoms with van der Waals surface area (Å²) in [6.07, 6.45) is -2.85. The predicted octanol–water partition coefficient (Wildman–Crippen LogP) is 5.94. The van der Waals surface area contributed by atoms with Gasteiger partial charge in [-0.25, -0.2) is 19.0 Å². The minimum absolute atomic E-state index is 0.000809. The van der Waals surface area contributed by atoms with Crippen molar-refractivity contribution in [2.75, 3.05) is 45.1 Å². The van der Waals surface area contributed by atoms with Gasteiger partial charge in [0.05, 0.1) is 50.9 Å². The molecule has 0 bridgehead atoms. The van der Waals surface area contributed by atoms with Crippen molar-refractivity contribution >= 4 is 67.6 Å². The molecule has 0 saturated heterocycles. The molecular weight excluding hydrogens is 907 g/mol. The average molecular weight is 956 g/mol. The highest BCUT2D eigenvalue weighted by Crippen LogP contribution is 2.45. The quantitative estimate of drug-likeness (QED) is 0.0493. The van der Waals surface area contributed by atoms with Crippen LogP contribution >= 0.6 is 0 Å². The lowest BCUT2D eigenvalue weighted by molar-refractivity contribution is -0.124. The van der Waals surface area contributed by atoms with E-state index in [1.54, 1.807) is 50.2 Å². The third-order valence-electron chi connectivity index (χ3n) is 11.0. The fourth-order valence-corrected chi connectivity index (χ4v) is 8.59. The lowest BCUT2D eigenvalue weighted by Crippen LogP contribution is -2.50. The number of aromatic amines is 1. The number of methoxy groups -OCH3 is 2. The number of anilines is 1. The zero-order valence-corrected chi connectivity index (χ0v) is 38.4. The maximum absolute atomic E-state index is 14.8. The molecule has 4 aromatic carbocycles. The first-order chi connectivity index (χ1) is 32.5. The Balaban J connectivity index is 1.18. The van der Waals surface area contributed by atoms with Crippen LogP contribution in [-0.4, -0.2) is 110 Å². The van der Waals surface area contributed by atoms with E-state index in [0.717, 1.165) is 17.9 Å². The van der Waals surface area contributed by atoms with Gasteiger partial charge in [0, 0.05) is 23.3 Å². The van der Waals surface area contributed by atoms with Crippen molar-refractivity contribution in [1.29, 1.82) is 0 Å². The number of nitrogens with one attached hydrogen (secondary N) is 3. The monoisotopic (exact) mass is 955 g/mol. The van der Waals surface area contributed by atoms with E-state index in [4.69, 9.17) is 27.9 Å². The van der Waals surface area contributed by atoms with Crippen LogP contribution in [0.2, 0.25) is 0 Å². The number of ether oxygens (including phenoxy) is 5. The summed E-state index contributed by atoms with van der Waals surface area (Å²) in [6.45, 7) is 3.14. The Morgan fingerprint density at radius 2 is 1.53 bits per heavy atom. The van der Waals surface area contributed by atoms with Crippen LogP contribution in [0.25, 0.3) is 21.8 Å². The Kier molecular flexibility index (Phi) is 14.4. The van der Waals surface area contributed by atoms with Crippen LogP contribution in [0.1, 0.15) is 51.5 Å². The van der Waals surface area contributed by atoms with Gasteiger partial charge in [-0.2, -0.15) is 8.42 Å². The predicted molar refractivity (Wildman–Crippen MR) is 246 cm³/mol. The second-order valence-electron chi connectivity index (χ2n) is 16.1. The number of carboxylic acid groups (broad SMARTS) is 2. The van der Waals surface area contributed by atoms with Gasteiger partial charge in [-0.1, -0.05) is 74.5 Å². The van der Waals surface area contributed by atoms with Crippen molar-refractivity contribution in [2.45, 2.75) is 45.6 Å². The van der Waals surface area contributed by atoms with Crippen LogP contribution in [0.4, 0.5) is 15.3 Å². The normalized spacial score (nSPS) is 14.0. The summed E-state index contributed by atoms with van der Waals surface area (Å²) < 4.78 is 60.0. The van der Waals surface area contributed by atoms with E-state index >= 15 is 0 Å².